The zero-order valence-electron chi connectivity index (χ0n) is 24.5. The highest BCUT2D eigenvalue weighted by molar-refractivity contribution is 9.10. The summed E-state index contributed by atoms with van der Waals surface area (Å²) >= 11 is 4.39. The van der Waals surface area contributed by atoms with Gasteiger partial charge in [-0.05, 0) is 95.3 Å². The number of nitrogens with one attached hydrogen (secondary N) is 1. The normalized spacial score (nSPS) is 13.9. The third-order valence-electron chi connectivity index (χ3n) is 6.83. The number of nitrogens with zero attached hydrogens (tertiary/aromatic N) is 1. The average Bonchev–Trinajstić information content (AvgIpc) is 3.25. The summed E-state index contributed by atoms with van der Waals surface area (Å²) < 4.78 is 18.1. The van der Waals surface area contributed by atoms with Crippen LogP contribution in [0.4, 0.5) is 10.5 Å². The largest absolute Gasteiger partial charge is 0.491 e. The summed E-state index contributed by atoms with van der Waals surface area (Å²) in [6.07, 6.45) is 1.64. The molecule has 1 heterocycles. The molecule has 0 radical (unpaired) electrons. The van der Waals surface area contributed by atoms with Crippen molar-refractivity contribution in [2.45, 2.75) is 20.8 Å². The molecule has 0 saturated carbocycles. The summed E-state index contributed by atoms with van der Waals surface area (Å²) in [4.78, 5) is 40.0. The Labute approximate surface area is 268 Å². The number of imide groups is 1. The molecular formula is C34H31BrN2O6S. The molecule has 0 bridgehead atoms. The van der Waals surface area contributed by atoms with Crippen molar-refractivity contribution in [3.05, 3.63) is 98.9 Å². The fourth-order valence-electron chi connectivity index (χ4n) is 4.76. The summed E-state index contributed by atoms with van der Waals surface area (Å²) in [5.41, 5.74) is 3.42. The van der Waals surface area contributed by atoms with E-state index in [2.05, 4.69) is 21.2 Å². The molecule has 0 atom stereocenters. The van der Waals surface area contributed by atoms with Crippen molar-refractivity contribution in [1.82, 2.24) is 4.90 Å². The molecule has 0 aromatic heterocycles. The maximum absolute atomic E-state index is 13.2. The number of thioether (sulfide) groups is 1. The maximum atomic E-state index is 13.2. The molecule has 0 unspecified atom stereocenters. The van der Waals surface area contributed by atoms with Crippen LogP contribution in [0.25, 0.3) is 16.8 Å². The van der Waals surface area contributed by atoms with Gasteiger partial charge in [-0.15, -0.1) is 0 Å². The first-order valence-electron chi connectivity index (χ1n) is 14.1. The number of benzene rings is 4. The van der Waals surface area contributed by atoms with Crippen LogP contribution >= 0.6 is 27.7 Å². The highest BCUT2D eigenvalue weighted by Crippen LogP contribution is 2.39. The van der Waals surface area contributed by atoms with Gasteiger partial charge in [0.1, 0.15) is 12.4 Å². The van der Waals surface area contributed by atoms with Gasteiger partial charge >= 0.3 is 0 Å². The topological polar surface area (TPSA) is 94.2 Å². The number of aryl methyl sites for hydroxylation is 2. The van der Waals surface area contributed by atoms with E-state index in [0.29, 0.717) is 33.9 Å². The zero-order valence-corrected chi connectivity index (χ0v) is 26.9. The third-order valence-corrected chi connectivity index (χ3v) is 8.33. The van der Waals surface area contributed by atoms with Crippen molar-refractivity contribution in [1.29, 1.82) is 0 Å². The van der Waals surface area contributed by atoms with Gasteiger partial charge in [0.05, 0.1) is 22.5 Å². The fraction of sp³-hybridized carbons (Fsp3) is 0.206. The first-order valence-corrected chi connectivity index (χ1v) is 15.7. The Balaban J connectivity index is 1.24. The van der Waals surface area contributed by atoms with Gasteiger partial charge in [0.2, 0.25) is 0 Å². The van der Waals surface area contributed by atoms with Crippen molar-refractivity contribution in [3.8, 4) is 17.2 Å². The smallest absolute Gasteiger partial charge is 0.293 e. The van der Waals surface area contributed by atoms with Gasteiger partial charge in [-0.2, -0.15) is 0 Å². The third kappa shape index (κ3) is 7.26. The number of ether oxygens (including phenoxy) is 3. The molecule has 10 heteroatoms. The molecule has 1 fully saturated rings. The Hall–Kier alpha value is -4.28. The number of amides is 3. The SMILES string of the molecule is CCOc1cc(/C=C2\SC(=O)N(CCOc3cccc4ccccc34)C2=O)cc(Br)c1OCC(=O)Nc1ccc(C)cc1C. The molecule has 1 aliphatic heterocycles. The molecule has 4 aromatic rings. The van der Waals surface area contributed by atoms with E-state index in [-0.39, 0.29) is 41.7 Å². The number of carbonyl (C=O) groups excluding carboxylic acids is 3. The lowest BCUT2D eigenvalue weighted by atomic mass is 10.1. The van der Waals surface area contributed by atoms with Crippen molar-refractivity contribution in [3.63, 3.8) is 0 Å². The van der Waals surface area contributed by atoms with E-state index in [1.54, 1.807) is 18.2 Å². The second-order valence-corrected chi connectivity index (χ2v) is 11.9. The Bertz CT molecular complexity index is 1770. The molecule has 1 saturated heterocycles. The van der Waals surface area contributed by atoms with E-state index in [1.165, 1.54) is 4.90 Å². The summed E-state index contributed by atoms with van der Waals surface area (Å²) in [6, 6.07) is 22.9. The number of anilines is 1. The average molecular weight is 676 g/mol. The number of fused-ring (bicyclic) bond motifs is 1. The standard InChI is InChI=1S/C34H31BrN2O6S/c1-4-41-29-18-23(17-26(35)32(29)43-20-31(38)36-27-13-12-21(2)16-22(27)3)19-30-33(39)37(34(40)44-30)14-15-42-28-11-7-9-24-8-5-6-10-25(24)28/h5-13,16-19H,4,14-15,20H2,1-3H3,(H,36,38)/b30-19-. The van der Waals surface area contributed by atoms with Crippen LogP contribution in [-0.4, -0.2) is 48.3 Å². The Morgan fingerprint density at radius 3 is 2.55 bits per heavy atom. The van der Waals surface area contributed by atoms with Crippen molar-refractivity contribution < 1.29 is 28.6 Å². The Morgan fingerprint density at radius 1 is 0.955 bits per heavy atom. The highest BCUT2D eigenvalue weighted by atomic mass is 79.9. The van der Waals surface area contributed by atoms with Crippen molar-refractivity contribution >= 4 is 67.3 Å². The molecule has 0 spiro atoms. The predicted molar refractivity (Wildman–Crippen MR) is 177 cm³/mol. The lowest BCUT2D eigenvalue weighted by molar-refractivity contribution is -0.123. The van der Waals surface area contributed by atoms with Crippen LogP contribution in [0.15, 0.2) is 82.2 Å². The van der Waals surface area contributed by atoms with E-state index >= 15 is 0 Å². The summed E-state index contributed by atoms with van der Waals surface area (Å²) in [6.45, 7) is 6.17. The van der Waals surface area contributed by atoms with Crippen LogP contribution in [0.5, 0.6) is 17.2 Å². The molecular weight excluding hydrogens is 644 g/mol. The van der Waals surface area contributed by atoms with Gasteiger partial charge in [0.25, 0.3) is 17.1 Å². The lowest BCUT2D eigenvalue weighted by Crippen LogP contribution is -2.32. The highest BCUT2D eigenvalue weighted by Gasteiger charge is 2.35. The van der Waals surface area contributed by atoms with Crippen LogP contribution in [0.3, 0.4) is 0 Å². The number of hydrogen-bond acceptors (Lipinski definition) is 7. The maximum Gasteiger partial charge on any atom is 0.293 e. The van der Waals surface area contributed by atoms with Crippen LogP contribution < -0.4 is 19.5 Å². The zero-order chi connectivity index (χ0) is 31.2. The van der Waals surface area contributed by atoms with Gasteiger partial charge in [-0.25, -0.2) is 0 Å². The Morgan fingerprint density at radius 2 is 1.75 bits per heavy atom. The molecule has 0 aliphatic carbocycles. The van der Waals surface area contributed by atoms with Crippen molar-refractivity contribution in [2.75, 3.05) is 31.7 Å². The molecule has 1 N–H and O–H groups in total. The van der Waals surface area contributed by atoms with Crippen molar-refractivity contribution in [2.24, 2.45) is 0 Å². The molecule has 8 nitrogen and oxygen atoms in total. The van der Waals surface area contributed by atoms with Gasteiger partial charge in [-0.3, -0.25) is 19.3 Å². The van der Waals surface area contributed by atoms with Crippen LogP contribution in [0.1, 0.15) is 23.6 Å². The van der Waals surface area contributed by atoms with Crippen LogP contribution in [-0.2, 0) is 9.59 Å². The molecule has 5 rings (SSSR count). The van der Waals surface area contributed by atoms with Gasteiger partial charge in [-0.1, -0.05) is 54.1 Å². The fourth-order valence-corrected chi connectivity index (χ4v) is 6.20. The van der Waals surface area contributed by atoms with Gasteiger partial charge < -0.3 is 19.5 Å². The molecule has 226 valence electrons. The minimum absolute atomic E-state index is 0.121. The van der Waals surface area contributed by atoms with E-state index in [4.69, 9.17) is 14.2 Å². The van der Waals surface area contributed by atoms with Crippen LogP contribution in [0.2, 0.25) is 0 Å². The summed E-state index contributed by atoms with van der Waals surface area (Å²) in [5.74, 6) is 0.755. The summed E-state index contributed by atoms with van der Waals surface area (Å²) in [7, 11) is 0. The van der Waals surface area contributed by atoms with E-state index in [0.717, 1.165) is 39.3 Å². The van der Waals surface area contributed by atoms with Gasteiger partial charge in [0, 0.05) is 11.1 Å². The van der Waals surface area contributed by atoms with E-state index < -0.39 is 0 Å². The number of rotatable bonds is 11. The lowest BCUT2D eigenvalue weighted by Gasteiger charge is -2.15. The minimum atomic E-state index is -0.390. The number of carbonyl (C=O) groups is 3. The second-order valence-electron chi connectivity index (χ2n) is 10.1. The quantitative estimate of drug-likeness (QED) is 0.163. The van der Waals surface area contributed by atoms with E-state index in [9.17, 15) is 14.4 Å². The van der Waals surface area contributed by atoms with E-state index in [1.807, 2.05) is 81.4 Å². The predicted octanol–water partition coefficient (Wildman–Crippen LogP) is 7.75. The molecule has 1 aliphatic rings. The minimum Gasteiger partial charge on any atom is -0.491 e. The number of halogens is 1. The first kappa shape index (κ1) is 31.2. The monoisotopic (exact) mass is 674 g/mol. The van der Waals surface area contributed by atoms with Gasteiger partial charge in [0.15, 0.2) is 18.1 Å². The number of hydrogen-bond donors (Lipinski definition) is 1. The van der Waals surface area contributed by atoms with Crippen LogP contribution in [0, 0.1) is 13.8 Å². The molecule has 44 heavy (non-hydrogen) atoms. The Kier molecular flexibility index (Phi) is 9.92. The summed E-state index contributed by atoms with van der Waals surface area (Å²) in [5, 5.41) is 4.52. The first-order chi connectivity index (χ1) is 21.2. The second kappa shape index (κ2) is 14.0. The molecule has 3 amide bonds. The molecule has 4 aromatic carbocycles.